The van der Waals surface area contributed by atoms with Crippen LogP contribution in [0.15, 0.2) is 22.4 Å². The van der Waals surface area contributed by atoms with Crippen LogP contribution in [0.1, 0.15) is 27.2 Å². The molecule has 1 amide bonds. The van der Waals surface area contributed by atoms with E-state index in [0.29, 0.717) is 5.69 Å². The summed E-state index contributed by atoms with van der Waals surface area (Å²) in [5, 5.41) is 7.59. The number of rotatable bonds is 4. The quantitative estimate of drug-likeness (QED) is 0.845. The molecular formula is C10H9N3O4S. The molecule has 0 aromatic carbocycles. The van der Waals surface area contributed by atoms with Crippen molar-refractivity contribution >= 4 is 28.9 Å². The van der Waals surface area contributed by atoms with Crippen LogP contribution < -0.4 is 5.32 Å². The summed E-state index contributed by atoms with van der Waals surface area (Å²) >= 11 is 1.05. The minimum Gasteiger partial charge on any atom is -0.461 e. The molecule has 0 radical (unpaired) electrons. The van der Waals surface area contributed by atoms with E-state index in [2.05, 4.69) is 20.0 Å². The molecule has 7 nitrogen and oxygen atoms in total. The maximum atomic E-state index is 11.7. The molecule has 18 heavy (non-hydrogen) atoms. The van der Waals surface area contributed by atoms with Gasteiger partial charge in [0.05, 0.1) is 12.8 Å². The van der Waals surface area contributed by atoms with E-state index in [0.717, 1.165) is 11.3 Å². The van der Waals surface area contributed by atoms with Crippen LogP contribution in [0, 0.1) is 0 Å². The van der Waals surface area contributed by atoms with Crippen LogP contribution in [0.25, 0.3) is 0 Å². The van der Waals surface area contributed by atoms with E-state index in [1.165, 1.54) is 17.8 Å². The van der Waals surface area contributed by atoms with Gasteiger partial charge in [0.15, 0.2) is 0 Å². The van der Waals surface area contributed by atoms with Crippen molar-refractivity contribution in [3.8, 4) is 0 Å². The Balaban J connectivity index is 2.05. The number of esters is 1. The van der Waals surface area contributed by atoms with Gasteiger partial charge in [-0.05, 0) is 6.92 Å². The van der Waals surface area contributed by atoms with Crippen LogP contribution in [0.3, 0.4) is 0 Å². The number of nitrogens with one attached hydrogen (secondary N) is 1. The summed E-state index contributed by atoms with van der Waals surface area (Å²) in [6.45, 7) is 1.96. The minimum absolute atomic E-state index is 0.143. The number of nitrogens with zero attached hydrogens (tertiary/aromatic N) is 2. The molecule has 2 rings (SSSR count). The molecule has 8 heteroatoms. The Labute approximate surface area is 106 Å². The summed E-state index contributed by atoms with van der Waals surface area (Å²) in [4.78, 5) is 27.0. The summed E-state index contributed by atoms with van der Waals surface area (Å²) in [6, 6.07) is 0. The maximum Gasteiger partial charge on any atom is 0.367 e. The van der Waals surface area contributed by atoms with Crippen molar-refractivity contribution in [3.63, 3.8) is 0 Å². The second-order valence-corrected chi connectivity index (χ2v) is 3.98. The summed E-state index contributed by atoms with van der Waals surface area (Å²) in [5.41, 5.74) is 0.565. The van der Waals surface area contributed by atoms with Crippen molar-refractivity contribution in [1.29, 1.82) is 0 Å². The number of hydrogen-bond donors (Lipinski definition) is 1. The van der Waals surface area contributed by atoms with E-state index >= 15 is 0 Å². The average molecular weight is 267 g/mol. The first-order valence-electron chi connectivity index (χ1n) is 5.04. The SMILES string of the molecule is CCOC(=O)c1nc(C(=O)Nc2cnoc2)cs1. The minimum atomic E-state index is -0.536. The van der Waals surface area contributed by atoms with Crippen molar-refractivity contribution in [1.82, 2.24) is 10.1 Å². The summed E-state index contributed by atoms with van der Waals surface area (Å²) < 4.78 is 9.35. The third-order valence-electron chi connectivity index (χ3n) is 1.88. The summed E-state index contributed by atoms with van der Waals surface area (Å²) in [7, 11) is 0. The molecule has 2 aromatic heterocycles. The van der Waals surface area contributed by atoms with Crippen LogP contribution in [0.5, 0.6) is 0 Å². The van der Waals surface area contributed by atoms with E-state index < -0.39 is 11.9 Å². The molecule has 0 saturated carbocycles. The van der Waals surface area contributed by atoms with Gasteiger partial charge in [0.25, 0.3) is 5.91 Å². The van der Waals surface area contributed by atoms with Gasteiger partial charge in [-0.1, -0.05) is 5.16 Å². The molecule has 0 unspecified atom stereocenters. The van der Waals surface area contributed by atoms with Crippen molar-refractivity contribution in [2.24, 2.45) is 0 Å². The molecule has 0 atom stereocenters. The molecule has 0 aliphatic rings. The van der Waals surface area contributed by atoms with Crippen LogP contribution in [0.4, 0.5) is 5.69 Å². The second kappa shape index (κ2) is 5.41. The third-order valence-corrected chi connectivity index (χ3v) is 2.70. The highest BCUT2D eigenvalue weighted by molar-refractivity contribution is 7.11. The van der Waals surface area contributed by atoms with E-state index in [1.54, 1.807) is 6.92 Å². The molecule has 0 aliphatic heterocycles. The average Bonchev–Trinajstić information content (AvgIpc) is 2.99. The van der Waals surface area contributed by atoms with Gasteiger partial charge in [0.2, 0.25) is 5.01 Å². The molecular weight excluding hydrogens is 258 g/mol. The molecule has 0 bridgehead atoms. The molecule has 1 N–H and O–H groups in total. The maximum absolute atomic E-state index is 11.7. The van der Waals surface area contributed by atoms with Crippen LogP contribution in [-0.4, -0.2) is 28.6 Å². The van der Waals surface area contributed by atoms with E-state index in [-0.39, 0.29) is 17.3 Å². The van der Waals surface area contributed by atoms with Crippen LogP contribution in [0.2, 0.25) is 0 Å². The fourth-order valence-electron chi connectivity index (χ4n) is 1.13. The lowest BCUT2D eigenvalue weighted by atomic mass is 10.4. The normalized spacial score (nSPS) is 10.1. The smallest absolute Gasteiger partial charge is 0.367 e. The number of aromatic nitrogens is 2. The second-order valence-electron chi connectivity index (χ2n) is 3.13. The molecule has 0 saturated heterocycles. The van der Waals surface area contributed by atoms with Gasteiger partial charge in [0.1, 0.15) is 17.6 Å². The van der Waals surface area contributed by atoms with E-state index in [4.69, 9.17) is 4.74 Å². The van der Waals surface area contributed by atoms with Crippen molar-refractivity contribution in [2.75, 3.05) is 11.9 Å². The first-order valence-corrected chi connectivity index (χ1v) is 5.92. The highest BCUT2D eigenvalue weighted by Crippen LogP contribution is 2.13. The highest BCUT2D eigenvalue weighted by atomic mass is 32.1. The Morgan fingerprint density at radius 1 is 1.56 bits per heavy atom. The zero-order valence-corrected chi connectivity index (χ0v) is 10.2. The Kier molecular flexibility index (Phi) is 3.68. The molecule has 0 fully saturated rings. The first-order chi connectivity index (χ1) is 8.70. The lowest BCUT2D eigenvalue weighted by Gasteiger charge is -1.97. The fourth-order valence-corrected chi connectivity index (χ4v) is 1.82. The van der Waals surface area contributed by atoms with E-state index in [1.807, 2.05) is 0 Å². The molecule has 0 spiro atoms. The summed E-state index contributed by atoms with van der Waals surface area (Å²) in [6.07, 6.45) is 2.65. The Morgan fingerprint density at radius 3 is 3.06 bits per heavy atom. The van der Waals surface area contributed by atoms with Gasteiger partial charge in [0, 0.05) is 5.38 Å². The number of carbonyl (C=O) groups is 2. The van der Waals surface area contributed by atoms with Gasteiger partial charge >= 0.3 is 5.97 Å². The highest BCUT2D eigenvalue weighted by Gasteiger charge is 2.16. The molecule has 2 heterocycles. The topological polar surface area (TPSA) is 94.3 Å². The van der Waals surface area contributed by atoms with Crippen molar-refractivity contribution in [3.05, 3.63) is 28.5 Å². The molecule has 2 aromatic rings. The summed E-state index contributed by atoms with van der Waals surface area (Å²) in [5.74, 6) is -0.975. The van der Waals surface area contributed by atoms with Crippen LogP contribution >= 0.6 is 11.3 Å². The lowest BCUT2D eigenvalue weighted by Crippen LogP contribution is -2.12. The number of hydrogen-bond acceptors (Lipinski definition) is 7. The lowest BCUT2D eigenvalue weighted by molar-refractivity contribution is 0.0526. The zero-order chi connectivity index (χ0) is 13.0. The molecule has 0 aliphatic carbocycles. The monoisotopic (exact) mass is 267 g/mol. The molecule has 94 valence electrons. The Bertz CT molecular complexity index is 549. The number of anilines is 1. The zero-order valence-electron chi connectivity index (χ0n) is 9.37. The predicted octanol–water partition coefficient (Wildman–Crippen LogP) is 1.56. The van der Waals surface area contributed by atoms with Crippen molar-refractivity contribution < 1.29 is 18.8 Å². The van der Waals surface area contributed by atoms with Gasteiger partial charge in [-0.15, -0.1) is 11.3 Å². The van der Waals surface area contributed by atoms with Gasteiger partial charge in [-0.25, -0.2) is 9.78 Å². The Hall–Kier alpha value is -2.22. The number of carbonyl (C=O) groups excluding carboxylic acids is 2. The predicted molar refractivity (Wildman–Crippen MR) is 62.5 cm³/mol. The van der Waals surface area contributed by atoms with Gasteiger partial charge in [-0.3, -0.25) is 4.79 Å². The van der Waals surface area contributed by atoms with Gasteiger partial charge < -0.3 is 14.6 Å². The third kappa shape index (κ3) is 2.72. The van der Waals surface area contributed by atoms with E-state index in [9.17, 15) is 9.59 Å². The number of ether oxygens (including phenoxy) is 1. The fraction of sp³-hybridized carbons (Fsp3) is 0.200. The Morgan fingerprint density at radius 2 is 2.39 bits per heavy atom. The first kappa shape index (κ1) is 12.2. The largest absolute Gasteiger partial charge is 0.461 e. The van der Waals surface area contributed by atoms with Crippen LogP contribution in [-0.2, 0) is 4.74 Å². The standard InChI is InChI=1S/C10H9N3O4S/c1-2-16-10(15)9-13-7(5-18-9)8(14)12-6-3-11-17-4-6/h3-5H,2H2,1H3,(H,12,14). The van der Waals surface area contributed by atoms with Crippen molar-refractivity contribution in [2.45, 2.75) is 6.92 Å². The number of thiazole rings is 1. The number of amides is 1. The van der Waals surface area contributed by atoms with Gasteiger partial charge in [-0.2, -0.15) is 0 Å².